The molecular weight excluding hydrogens is 158 g/mol. The number of aliphatic hydroxyl groups is 2. The summed E-state index contributed by atoms with van der Waals surface area (Å²) < 4.78 is 0. The zero-order valence-corrected chi connectivity index (χ0v) is 6.96. The Morgan fingerprint density at radius 2 is 2.33 bits per heavy atom. The summed E-state index contributed by atoms with van der Waals surface area (Å²) in [6.45, 7) is 1.89. The molecule has 2 atom stereocenters. The van der Waals surface area contributed by atoms with Gasteiger partial charge in [-0.25, -0.2) is 0 Å². The fraction of sp³-hybridized carbons (Fsp3) is 0.714. The first-order valence-corrected chi connectivity index (χ1v) is 3.68. The van der Waals surface area contributed by atoms with Gasteiger partial charge in [-0.1, -0.05) is 24.2 Å². The van der Waals surface area contributed by atoms with Crippen molar-refractivity contribution in [3.05, 3.63) is 22.6 Å². The number of rotatable bonds is 5. The molecule has 0 saturated heterocycles. The average Bonchev–Trinajstić information content (AvgIpc) is 2.10. The molecule has 0 aliphatic rings. The minimum Gasteiger partial charge on any atom is -0.396 e. The Morgan fingerprint density at radius 3 is 2.83 bits per heavy atom. The molecule has 0 aromatic rings. The third-order valence-electron chi connectivity index (χ3n) is 1.45. The van der Waals surface area contributed by atoms with Crippen LogP contribution in [0.15, 0.2) is 17.3 Å². The maximum atomic E-state index is 9.24. The van der Waals surface area contributed by atoms with Crippen LogP contribution in [0.1, 0.15) is 6.92 Å². The maximum Gasteiger partial charge on any atom is 0.0768 e. The molecule has 0 aromatic carbocycles. The highest BCUT2D eigenvalue weighted by Gasteiger charge is 2.07. The van der Waals surface area contributed by atoms with Gasteiger partial charge in [-0.05, 0) is 5.53 Å². The molecule has 12 heavy (non-hydrogen) atoms. The molecule has 2 N–H and O–H groups in total. The van der Waals surface area contributed by atoms with Crippen molar-refractivity contribution in [3.63, 3.8) is 0 Å². The van der Waals surface area contributed by atoms with Crippen molar-refractivity contribution in [2.75, 3.05) is 13.2 Å². The first-order chi connectivity index (χ1) is 5.72. The Hall–Kier alpha value is -1.03. The highest BCUT2D eigenvalue weighted by atomic mass is 16.3. The summed E-state index contributed by atoms with van der Waals surface area (Å²) in [5.41, 5.74) is 7.91. The van der Waals surface area contributed by atoms with E-state index < -0.39 is 6.10 Å². The minimum atomic E-state index is -0.677. The quantitative estimate of drug-likeness (QED) is 0.278. The van der Waals surface area contributed by atoms with Gasteiger partial charge in [0.25, 0.3) is 0 Å². The van der Waals surface area contributed by atoms with E-state index >= 15 is 0 Å². The predicted octanol–water partition coefficient (Wildman–Crippen LogP) is 0.842. The summed E-state index contributed by atoms with van der Waals surface area (Å²) >= 11 is 0. The third kappa shape index (κ3) is 4.73. The molecule has 0 bridgehead atoms. The van der Waals surface area contributed by atoms with Gasteiger partial charge in [0.1, 0.15) is 0 Å². The van der Waals surface area contributed by atoms with E-state index in [4.69, 9.17) is 10.6 Å². The maximum absolute atomic E-state index is 9.24. The number of hydrogen-bond acceptors (Lipinski definition) is 3. The summed E-state index contributed by atoms with van der Waals surface area (Å²) in [5, 5.41) is 21.1. The van der Waals surface area contributed by atoms with E-state index in [1.54, 1.807) is 13.0 Å². The Bertz CT molecular complexity index is 187. The summed E-state index contributed by atoms with van der Waals surface area (Å²) in [6.07, 6.45) is 2.40. The van der Waals surface area contributed by atoms with Crippen molar-refractivity contribution in [2.45, 2.75) is 13.0 Å². The van der Waals surface area contributed by atoms with E-state index in [0.717, 1.165) is 0 Å². The first kappa shape index (κ1) is 11.0. The van der Waals surface area contributed by atoms with Crippen molar-refractivity contribution in [3.8, 4) is 0 Å². The van der Waals surface area contributed by atoms with Gasteiger partial charge in [0.05, 0.1) is 6.10 Å². The van der Waals surface area contributed by atoms with Gasteiger partial charge in [-0.15, -0.1) is 0 Å². The van der Waals surface area contributed by atoms with Crippen LogP contribution in [0.25, 0.3) is 10.4 Å². The predicted molar refractivity (Wildman–Crippen MR) is 45.4 cm³/mol. The minimum absolute atomic E-state index is 0.0625. The second-order valence-electron chi connectivity index (χ2n) is 2.49. The summed E-state index contributed by atoms with van der Waals surface area (Å²) in [6, 6.07) is 0. The lowest BCUT2D eigenvalue weighted by atomic mass is 10.1. The second kappa shape index (κ2) is 6.67. The van der Waals surface area contributed by atoms with E-state index in [9.17, 15) is 5.11 Å². The monoisotopic (exact) mass is 171 g/mol. The molecule has 0 aliphatic heterocycles. The van der Waals surface area contributed by atoms with E-state index in [1.165, 1.54) is 6.08 Å². The molecule has 2 unspecified atom stereocenters. The van der Waals surface area contributed by atoms with Crippen LogP contribution >= 0.6 is 0 Å². The van der Waals surface area contributed by atoms with Crippen molar-refractivity contribution in [1.29, 1.82) is 0 Å². The average molecular weight is 171 g/mol. The Morgan fingerprint density at radius 1 is 1.67 bits per heavy atom. The van der Waals surface area contributed by atoms with Gasteiger partial charge >= 0.3 is 0 Å². The van der Waals surface area contributed by atoms with Crippen LogP contribution in [0.2, 0.25) is 0 Å². The van der Waals surface area contributed by atoms with Crippen LogP contribution < -0.4 is 0 Å². The second-order valence-corrected chi connectivity index (χ2v) is 2.49. The largest absolute Gasteiger partial charge is 0.396 e. The van der Waals surface area contributed by atoms with E-state index in [-0.39, 0.29) is 19.1 Å². The smallest absolute Gasteiger partial charge is 0.0768 e. The molecule has 0 amide bonds. The molecule has 0 aliphatic carbocycles. The van der Waals surface area contributed by atoms with Crippen LogP contribution in [0, 0.1) is 5.92 Å². The lowest BCUT2D eigenvalue weighted by Crippen LogP contribution is -2.18. The summed E-state index contributed by atoms with van der Waals surface area (Å²) in [5.74, 6) is -0.188. The zero-order valence-electron chi connectivity index (χ0n) is 6.96. The Balaban J connectivity index is 3.73. The van der Waals surface area contributed by atoms with Crippen LogP contribution in [0.3, 0.4) is 0 Å². The van der Waals surface area contributed by atoms with Crippen LogP contribution in [0.4, 0.5) is 0 Å². The molecule has 68 valence electrons. The highest BCUT2D eigenvalue weighted by molar-refractivity contribution is 4.92. The van der Waals surface area contributed by atoms with E-state index in [1.807, 2.05) is 0 Å². The molecule has 0 aromatic heterocycles. The Kier molecular flexibility index (Phi) is 6.09. The standard InChI is InChI=1S/C7H13N3O2/c1-6(5-11)7(12)3-2-4-9-10-8/h2-3,6-7,11-12H,4-5H2,1H3/b3-2+. The Labute approximate surface area is 71.0 Å². The zero-order chi connectivity index (χ0) is 9.40. The van der Waals surface area contributed by atoms with Crippen molar-refractivity contribution >= 4 is 0 Å². The van der Waals surface area contributed by atoms with Crippen molar-refractivity contribution in [2.24, 2.45) is 11.0 Å². The van der Waals surface area contributed by atoms with Crippen molar-refractivity contribution < 1.29 is 10.2 Å². The SMILES string of the molecule is CC(CO)C(O)/C=C/CN=[N+]=[N-]. The number of azide groups is 1. The normalized spacial score (nSPS) is 15.6. The number of aliphatic hydroxyl groups excluding tert-OH is 2. The number of hydrogen-bond donors (Lipinski definition) is 2. The third-order valence-corrected chi connectivity index (χ3v) is 1.45. The van der Waals surface area contributed by atoms with Gasteiger partial charge in [0.15, 0.2) is 0 Å². The molecule has 0 fully saturated rings. The van der Waals surface area contributed by atoms with Gasteiger partial charge in [0.2, 0.25) is 0 Å². The fourth-order valence-corrected chi connectivity index (χ4v) is 0.582. The van der Waals surface area contributed by atoms with Gasteiger partial charge < -0.3 is 10.2 Å². The van der Waals surface area contributed by atoms with Gasteiger partial charge in [0, 0.05) is 24.0 Å². The van der Waals surface area contributed by atoms with Gasteiger partial charge in [-0.2, -0.15) is 0 Å². The molecule has 0 saturated carbocycles. The summed E-state index contributed by atoms with van der Waals surface area (Å²) in [4.78, 5) is 2.54. The van der Waals surface area contributed by atoms with Crippen LogP contribution in [0.5, 0.6) is 0 Å². The molecular formula is C7H13N3O2. The molecule has 0 spiro atoms. The topological polar surface area (TPSA) is 89.2 Å². The van der Waals surface area contributed by atoms with E-state index in [2.05, 4.69) is 10.0 Å². The fourth-order valence-electron chi connectivity index (χ4n) is 0.582. The highest BCUT2D eigenvalue weighted by Crippen LogP contribution is 2.02. The van der Waals surface area contributed by atoms with Crippen molar-refractivity contribution in [1.82, 2.24) is 0 Å². The molecule has 5 heteroatoms. The van der Waals surface area contributed by atoms with E-state index in [0.29, 0.717) is 0 Å². The molecule has 0 radical (unpaired) electrons. The lowest BCUT2D eigenvalue weighted by molar-refractivity contribution is 0.111. The first-order valence-electron chi connectivity index (χ1n) is 3.68. The summed E-state index contributed by atoms with van der Waals surface area (Å²) in [7, 11) is 0. The molecule has 0 heterocycles. The van der Waals surface area contributed by atoms with Crippen LogP contribution in [-0.4, -0.2) is 29.5 Å². The lowest BCUT2D eigenvalue weighted by Gasteiger charge is -2.11. The number of nitrogens with zero attached hydrogens (tertiary/aromatic N) is 3. The van der Waals surface area contributed by atoms with Crippen LogP contribution in [-0.2, 0) is 0 Å². The molecule has 0 rings (SSSR count). The molecule has 5 nitrogen and oxygen atoms in total. The van der Waals surface area contributed by atoms with Gasteiger partial charge in [-0.3, -0.25) is 0 Å².